The van der Waals surface area contributed by atoms with E-state index in [1.165, 1.54) is 15.6 Å². The van der Waals surface area contributed by atoms with Crippen molar-refractivity contribution in [2.45, 2.75) is 40.7 Å². The molecule has 1 N–H and O–H groups in total. The lowest BCUT2D eigenvalue weighted by Crippen LogP contribution is -2.25. The molecule has 1 aliphatic rings. The number of nitrogens with one attached hydrogen (secondary N) is 1. The largest absolute Gasteiger partial charge is 0.310 e. The van der Waals surface area contributed by atoms with Crippen molar-refractivity contribution >= 4 is 21.4 Å². The highest BCUT2D eigenvalue weighted by atomic mass is 32.1. The van der Waals surface area contributed by atoms with Crippen molar-refractivity contribution in [3.05, 3.63) is 35.2 Å². The molecular formula is C18H25NS. The summed E-state index contributed by atoms with van der Waals surface area (Å²) >= 11 is 1.87. The van der Waals surface area contributed by atoms with Crippen molar-refractivity contribution in [3.8, 4) is 0 Å². The van der Waals surface area contributed by atoms with Crippen LogP contribution in [0.2, 0.25) is 0 Å². The molecule has 2 aromatic rings. The van der Waals surface area contributed by atoms with E-state index in [1.807, 2.05) is 11.3 Å². The van der Waals surface area contributed by atoms with E-state index in [9.17, 15) is 0 Å². The maximum Gasteiger partial charge on any atom is 0.0390 e. The summed E-state index contributed by atoms with van der Waals surface area (Å²) in [7, 11) is 0. The van der Waals surface area contributed by atoms with Gasteiger partial charge < -0.3 is 5.32 Å². The zero-order valence-electron chi connectivity index (χ0n) is 13.2. The summed E-state index contributed by atoms with van der Waals surface area (Å²) in [4.78, 5) is 0. The maximum absolute atomic E-state index is 3.76. The molecule has 1 aromatic heterocycles. The molecule has 0 amide bonds. The molecule has 3 rings (SSSR count). The second-order valence-corrected chi connectivity index (χ2v) is 8.06. The van der Waals surface area contributed by atoms with Gasteiger partial charge in [-0.2, -0.15) is 0 Å². The van der Waals surface area contributed by atoms with E-state index in [2.05, 4.69) is 69.6 Å². The van der Waals surface area contributed by atoms with Crippen molar-refractivity contribution in [1.29, 1.82) is 0 Å². The SMILES string of the molecule is CCNC(c1cccc2ccsc12)C1C(C)(C)C1(C)C. The Balaban J connectivity index is 2.06. The molecule has 2 heteroatoms. The van der Waals surface area contributed by atoms with Gasteiger partial charge in [0.2, 0.25) is 0 Å². The maximum atomic E-state index is 3.76. The lowest BCUT2D eigenvalue weighted by molar-refractivity contribution is 0.421. The molecule has 1 saturated carbocycles. The van der Waals surface area contributed by atoms with Crippen molar-refractivity contribution in [2.75, 3.05) is 6.54 Å². The van der Waals surface area contributed by atoms with Gasteiger partial charge in [-0.05, 0) is 45.7 Å². The smallest absolute Gasteiger partial charge is 0.0390 e. The first-order chi connectivity index (χ1) is 9.41. The highest BCUT2D eigenvalue weighted by molar-refractivity contribution is 7.17. The fourth-order valence-electron chi connectivity index (χ4n) is 3.97. The quantitative estimate of drug-likeness (QED) is 0.811. The van der Waals surface area contributed by atoms with Crippen molar-refractivity contribution in [3.63, 3.8) is 0 Å². The van der Waals surface area contributed by atoms with Crippen LogP contribution < -0.4 is 5.32 Å². The van der Waals surface area contributed by atoms with Crippen LogP contribution in [-0.4, -0.2) is 6.54 Å². The predicted molar refractivity (Wildman–Crippen MR) is 89.3 cm³/mol. The van der Waals surface area contributed by atoms with E-state index in [0.29, 0.717) is 22.8 Å². The normalized spacial score (nSPS) is 22.1. The van der Waals surface area contributed by atoms with Crippen LogP contribution in [0, 0.1) is 16.7 Å². The molecule has 0 saturated heterocycles. The third kappa shape index (κ3) is 1.85. The van der Waals surface area contributed by atoms with E-state index < -0.39 is 0 Å². The second-order valence-electron chi connectivity index (χ2n) is 7.14. The van der Waals surface area contributed by atoms with E-state index >= 15 is 0 Å². The lowest BCUT2D eigenvalue weighted by atomic mass is 9.95. The van der Waals surface area contributed by atoms with Gasteiger partial charge in [0.1, 0.15) is 0 Å². The number of fused-ring (bicyclic) bond motifs is 1. The molecule has 0 spiro atoms. The molecule has 108 valence electrons. The number of hydrogen-bond acceptors (Lipinski definition) is 2. The third-order valence-corrected chi connectivity index (χ3v) is 6.71. The highest BCUT2D eigenvalue weighted by Crippen LogP contribution is 2.72. The van der Waals surface area contributed by atoms with Crippen LogP contribution in [0.4, 0.5) is 0 Å². The zero-order valence-corrected chi connectivity index (χ0v) is 14.0. The second kappa shape index (κ2) is 4.57. The van der Waals surface area contributed by atoms with Crippen molar-refractivity contribution in [2.24, 2.45) is 16.7 Å². The molecule has 1 aliphatic carbocycles. The standard InChI is InChI=1S/C18H25NS/c1-6-19-14(16-17(2,3)18(16,4)5)13-9-7-8-12-10-11-20-15(12)13/h7-11,14,16,19H,6H2,1-5H3. The molecule has 0 radical (unpaired) electrons. The van der Waals surface area contributed by atoms with Gasteiger partial charge in [-0.15, -0.1) is 11.3 Å². The first kappa shape index (κ1) is 14.1. The Morgan fingerprint density at radius 1 is 1.15 bits per heavy atom. The summed E-state index contributed by atoms with van der Waals surface area (Å²) in [5, 5.41) is 7.35. The predicted octanol–water partition coefficient (Wildman–Crippen LogP) is 5.23. The van der Waals surface area contributed by atoms with Crippen LogP contribution in [0.1, 0.15) is 46.2 Å². The number of hydrogen-bond donors (Lipinski definition) is 1. The van der Waals surface area contributed by atoms with Gasteiger partial charge in [-0.3, -0.25) is 0 Å². The van der Waals surface area contributed by atoms with Crippen LogP contribution in [-0.2, 0) is 0 Å². The molecular weight excluding hydrogens is 262 g/mol. The van der Waals surface area contributed by atoms with Gasteiger partial charge in [0.15, 0.2) is 0 Å². The molecule has 1 nitrogen and oxygen atoms in total. The Labute approximate surface area is 126 Å². The van der Waals surface area contributed by atoms with Crippen molar-refractivity contribution < 1.29 is 0 Å². The van der Waals surface area contributed by atoms with E-state index in [4.69, 9.17) is 0 Å². The van der Waals surface area contributed by atoms with Crippen LogP contribution in [0.3, 0.4) is 0 Å². The van der Waals surface area contributed by atoms with E-state index in [-0.39, 0.29) is 0 Å². The van der Waals surface area contributed by atoms with E-state index in [1.54, 1.807) is 0 Å². The van der Waals surface area contributed by atoms with Crippen molar-refractivity contribution in [1.82, 2.24) is 5.32 Å². The summed E-state index contributed by atoms with van der Waals surface area (Å²) in [6.07, 6.45) is 0. The van der Waals surface area contributed by atoms with Gasteiger partial charge in [-0.1, -0.05) is 52.8 Å². The molecule has 1 aromatic carbocycles. The minimum atomic E-state index is 0.402. The number of benzene rings is 1. The average Bonchev–Trinajstić information content (AvgIpc) is 2.74. The fourth-order valence-corrected chi connectivity index (χ4v) is 4.92. The summed E-state index contributed by atoms with van der Waals surface area (Å²) in [6, 6.07) is 9.44. The summed E-state index contributed by atoms with van der Waals surface area (Å²) in [6.45, 7) is 12.9. The zero-order chi connectivity index (χ0) is 14.5. The molecule has 20 heavy (non-hydrogen) atoms. The van der Waals surface area contributed by atoms with E-state index in [0.717, 1.165) is 6.54 Å². The molecule has 1 heterocycles. The van der Waals surface area contributed by atoms with Crippen LogP contribution in [0.15, 0.2) is 29.6 Å². The fraction of sp³-hybridized carbons (Fsp3) is 0.556. The Bertz CT molecular complexity index is 609. The lowest BCUT2D eigenvalue weighted by Gasteiger charge is -2.21. The molecule has 1 unspecified atom stereocenters. The monoisotopic (exact) mass is 287 g/mol. The third-order valence-electron chi connectivity index (χ3n) is 5.73. The average molecular weight is 287 g/mol. The molecule has 0 aliphatic heterocycles. The molecule has 1 atom stereocenters. The summed E-state index contributed by atoms with van der Waals surface area (Å²) < 4.78 is 1.46. The Morgan fingerprint density at radius 2 is 1.85 bits per heavy atom. The topological polar surface area (TPSA) is 12.0 Å². The van der Waals surface area contributed by atoms with Gasteiger partial charge >= 0.3 is 0 Å². The van der Waals surface area contributed by atoms with Gasteiger partial charge in [0.05, 0.1) is 0 Å². The highest BCUT2D eigenvalue weighted by Gasteiger charge is 2.67. The minimum absolute atomic E-state index is 0.402. The number of rotatable bonds is 4. The Kier molecular flexibility index (Phi) is 3.22. The first-order valence-electron chi connectivity index (χ1n) is 7.60. The first-order valence-corrected chi connectivity index (χ1v) is 8.48. The molecule has 1 fully saturated rings. The summed E-state index contributed by atoms with van der Waals surface area (Å²) in [5.74, 6) is 0.697. The van der Waals surface area contributed by atoms with Gasteiger partial charge in [0, 0.05) is 10.7 Å². The van der Waals surface area contributed by atoms with Gasteiger partial charge in [-0.25, -0.2) is 0 Å². The van der Waals surface area contributed by atoms with Crippen LogP contribution in [0.25, 0.3) is 10.1 Å². The van der Waals surface area contributed by atoms with Crippen LogP contribution >= 0.6 is 11.3 Å². The minimum Gasteiger partial charge on any atom is -0.310 e. The van der Waals surface area contributed by atoms with Crippen LogP contribution in [0.5, 0.6) is 0 Å². The van der Waals surface area contributed by atoms with Gasteiger partial charge in [0.25, 0.3) is 0 Å². The molecule has 0 bridgehead atoms. The summed E-state index contributed by atoms with van der Waals surface area (Å²) in [5.41, 5.74) is 2.29. The number of thiophene rings is 1. The Hall–Kier alpha value is -0.860. The Morgan fingerprint density at radius 3 is 2.45 bits per heavy atom.